The van der Waals surface area contributed by atoms with Gasteiger partial charge in [-0.15, -0.1) is 6.42 Å². The summed E-state index contributed by atoms with van der Waals surface area (Å²) in [5, 5.41) is 1.42. The van der Waals surface area contributed by atoms with Crippen LogP contribution in [0.1, 0.15) is 11.1 Å². The molecule has 2 aromatic rings. The molecule has 3 nitrogen and oxygen atoms in total. The molecule has 1 aliphatic carbocycles. The van der Waals surface area contributed by atoms with Crippen LogP contribution >= 0.6 is 0 Å². The Morgan fingerprint density at radius 3 is 3.13 bits per heavy atom. The van der Waals surface area contributed by atoms with Crippen LogP contribution in [0.4, 0.5) is 0 Å². The maximum absolute atomic E-state index is 5.44. The highest BCUT2D eigenvalue weighted by Gasteiger charge is 2.33. The lowest BCUT2D eigenvalue weighted by atomic mass is 9.80. The molecule has 4 rings (SSSR count). The molecule has 2 heterocycles. The van der Waals surface area contributed by atoms with Gasteiger partial charge < -0.3 is 4.98 Å². The Bertz CT molecular complexity index is 808. The zero-order valence-corrected chi connectivity index (χ0v) is 13.8. The third-order valence-corrected chi connectivity index (χ3v) is 5.25. The summed E-state index contributed by atoms with van der Waals surface area (Å²) >= 11 is 0. The fourth-order valence-electron chi connectivity index (χ4n) is 4.28. The highest BCUT2D eigenvalue weighted by Crippen LogP contribution is 2.40. The second-order valence-electron chi connectivity index (χ2n) is 6.98. The lowest BCUT2D eigenvalue weighted by Crippen LogP contribution is -2.44. The molecule has 3 heteroatoms. The van der Waals surface area contributed by atoms with Gasteiger partial charge in [-0.05, 0) is 43.3 Å². The van der Waals surface area contributed by atoms with Crippen LogP contribution in [0, 0.1) is 18.3 Å². The van der Waals surface area contributed by atoms with E-state index in [9.17, 15) is 0 Å². The Hall–Kier alpha value is -2.02. The van der Waals surface area contributed by atoms with Crippen molar-refractivity contribution in [3.63, 3.8) is 0 Å². The number of H-pyrrole nitrogens is 1. The second kappa shape index (κ2) is 5.56. The molecule has 2 atom stereocenters. The molecule has 0 saturated carbocycles. The van der Waals surface area contributed by atoms with E-state index in [0.717, 1.165) is 19.5 Å². The van der Waals surface area contributed by atoms with Gasteiger partial charge in [0.05, 0.1) is 6.54 Å². The van der Waals surface area contributed by atoms with Crippen molar-refractivity contribution in [3.8, 4) is 12.3 Å². The summed E-state index contributed by atoms with van der Waals surface area (Å²) in [4.78, 5) is 8.18. The van der Waals surface area contributed by atoms with Crippen LogP contribution in [0.2, 0.25) is 0 Å². The Labute approximate surface area is 138 Å². The molecule has 1 aliphatic heterocycles. The lowest BCUT2D eigenvalue weighted by molar-refractivity contribution is 0.215. The summed E-state index contributed by atoms with van der Waals surface area (Å²) in [6, 6.07) is 7.11. The summed E-state index contributed by atoms with van der Waals surface area (Å²) in [6.07, 6.45) is 11.2. The van der Waals surface area contributed by atoms with Crippen LogP contribution in [-0.2, 0) is 6.42 Å². The van der Waals surface area contributed by atoms with Gasteiger partial charge in [0.1, 0.15) is 0 Å². The first-order valence-corrected chi connectivity index (χ1v) is 8.30. The highest BCUT2D eigenvalue weighted by molar-refractivity contribution is 5.98. The van der Waals surface area contributed by atoms with Crippen molar-refractivity contribution in [1.82, 2.24) is 14.8 Å². The van der Waals surface area contributed by atoms with Crippen molar-refractivity contribution in [2.75, 3.05) is 33.7 Å². The topological polar surface area (TPSA) is 22.3 Å². The molecule has 0 spiro atoms. The number of fused-ring (bicyclic) bond motifs is 2. The molecule has 0 amide bonds. The first-order chi connectivity index (χ1) is 11.2. The van der Waals surface area contributed by atoms with Gasteiger partial charge in [-0.2, -0.15) is 0 Å². The number of nitrogens with zero attached hydrogens (tertiary/aromatic N) is 2. The van der Waals surface area contributed by atoms with E-state index < -0.39 is 0 Å². The Morgan fingerprint density at radius 1 is 1.43 bits per heavy atom. The van der Waals surface area contributed by atoms with Crippen LogP contribution in [0.15, 0.2) is 30.5 Å². The summed E-state index contributed by atoms with van der Waals surface area (Å²) in [5.74, 6) is 3.27. The molecule has 1 aromatic heterocycles. The Kier molecular flexibility index (Phi) is 3.52. The lowest BCUT2D eigenvalue weighted by Gasteiger charge is -2.40. The van der Waals surface area contributed by atoms with Crippen LogP contribution in [-0.4, -0.2) is 54.6 Å². The standard InChI is InChI=1S/C20H23N3/c1-4-8-22(2)12-14-9-17-16-6-5-7-18-20(16)15(11-21-18)10-19(17)23(3)13-14/h1,5-7,9,11,14,19,21H,8,10,12-13H2,2-3H3/t14-,19+/m0/s1. The average Bonchev–Trinajstić information content (AvgIpc) is 2.93. The first-order valence-electron chi connectivity index (χ1n) is 8.30. The average molecular weight is 305 g/mol. The second-order valence-corrected chi connectivity index (χ2v) is 6.98. The normalized spacial score (nSPS) is 23.7. The van der Waals surface area contributed by atoms with Crippen molar-refractivity contribution in [2.24, 2.45) is 5.92 Å². The summed E-state index contributed by atoms with van der Waals surface area (Å²) in [6.45, 7) is 2.82. The third kappa shape index (κ3) is 2.39. The minimum absolute atomic E-state index is 0.498. The van der Waals surface area contributed by atoms with Gasteiger partial charge in [0.15, 0.2) is 0 Å². The maximum atomic E-state index is 5.44. The molecule has 0 fully saturated rings. The van der Waals surface area contributed by atoms with Crippen molar-refractivity contribution < 1.29 is 0 Å². The van der Waals surface area contributed by atoms with Gasteiger partial charge in [0, 0.05) is 42.1 Å². The predicted octanol–water partition coefficient (Wildman–Crippen LogP) is 2.60. The quantitative estimate of drug-likeness (QED) is 0.881. The molecule has 1 N–H and O–H groups in total. The van der Waals surface area contributed by atoms with Gasteiger partial charge in [0.25, 0.3) is 0 Å². The van der Waals surface area contributed by atoms with E-state index in [1.807, 2.05) is 0 Å². The van der Waals surface area contributed by atoms with E-state index >= 15 is 0 Å². The van der Waals surface area contributed by atoms with Crippen molar-refractivity contribution >= 4 is 16.5 Å². The molecule has 0 saturated heterocycles. The molecule has 118 valence electrons. The largest absolute Gasteiger partial charge is 0.361 e. The zero-order valence-electron chi connectivity index (χ0n) is 13.8. The molecule has 0 radical (unpaired) electrons. The number of rotatable bonds is 3. The number of benzene rings is 1. The molecular formula is C20H23N3. The number of likely N-dealkylation sites (N-methyl/N-ethyl adjacent to an activating group) is 1. The van der Waals surface area contributed by atoms with Crippen LogP contribution in [0.25, 0.3) is 16.5 Å². The first kappa shape index (κ1) is 14.6. The monoisotopic (exact) mass is 305 g/mol. The number of nitrogens with one attached hydrogen (secondary N) is 1. The summed E-state index contributed by atoms with van der Waals surface area (Å²) in [5.41, 5.74) is 5.61. The smallest absolute Gasteiger partial charge is 0.0596 e. The van der Waals surface area contributed by atoms with E-state index in [-0.39, 0.29) is 0 Å². The number of terminal acetylenes is 1. The van der Waals surface area contributed by atoms with Gasteiger partial charge >= 0.3 is 0 Å². The van der Waals surface area contributed by atoms with E-state index in [4.69, 9.17) is 6.42 Å². The van der Waals surface area contributed by atoms with Crippen LogP contribution in [0.5, 0.6) is 0 Å². The molecule has 2 aliphatic rings. The van der Waals surface area contributed by atoms with Crippen molar-refractivity contribution in [2.45, 2.75) is 12.5 Å². The Morgan fingerprint density at radius 2 is 2.30 bits per heavy atom. The summed E-state index contributed by atoms with van der Waals surface area (Å²) in [7, 11) is 4.36. The maximum Gasteiger partial charge on any atom is 0.0596 e. The third-order valence-electron chi connectivity index (χ3n) is 5.25. The van der Waals surface area contributed by atoms with Gasteiger partial charge in [-0.1, -0.05) is 24.1 Å². The van der Waals surface area contributed by atoms with Crippen LogP contribution < -0.4 is 0 Å². The molecule has 0 bridgehead atoms. The SMILES string of the molecule is C#CCN(C)C[C@@H]1C=C2c3cccc4[nH]cc(c34)C[C@H]2N(C)C1. The van der Waals surface area contributed by atoms with Crippen molar-refractivity contribution in [3.05, 3.63) is 41.6 Å². The fraction of sp³-hybridized carbons (Fsp3) is 0.400. The minimum atomic E-state index is 0.498. The fourth-order valence-corrected chi connectivity index (χ4v) is 4.28. The zero-order chi connectivity index (χ0) is 16.0. The highest BCUT2D eigenvalue weighted by atomic mass is 15.2. The molecular weight excluding hydrogens is 282 g/mol. The summed E-state index contributed by atoms with van der Waals surface area (Å²) < 4.78 is 0. The van der Waals surface area contributed by atoms with Crippen molar-refractivity contribution in [1.29, 1.82) is 0 Å². The number of aromatic nitrogens is 1. The van der Waals surface area contributed by atoms with E-state index in [0.29, 0.717) is 18.5 Å². The van der Waals surface area contributed by atoms with Gasteiger partial charge in [0.2, 0.25) is 0 Å². The van der Waals surface area contributed by atoms with Gasteiger partial charge in [-0.25, -0.2) is 0 Å². The van der Waals surface area contributed by atoms with E-state index in [1.165, 1.54) is 27.6 Å². The van der Waals surface area contributed by atoms with E-state index in [2.05, 4.69) is 65.3 Å². The molecule has 1 aromatic carbocycles. The number of hydrogen-bond donors (Lipinski definition) is 1. The van der Waals surface area contributed by atoms with Crippen LogP contribution in [0.3, 0.4) is 0 Å². The predicted molar refractivity (Wildman–Crippen MR) is 96.2 cm³/mol. The van der Waals surface area contributed by atoms with Gasteiger partial charge in [-0.3, -0.25) is 9.80 Å². The number of hydrogen-bond acceptors (Lipinski definition) is 2. The molecule has 23 heavy (non-hydrogen) atoms. The minimum Gasteiger partial charge on any atom is -0.361 e. The van der Waals surface area contributed by atoms with E-state index in [1.54, 1.807) is 0 Å². The Balaban J connectivity index is 1.74. The molecule has 0 unspecified atom stereocenters. The number of aromatic amines is 1.